The van der Waals surface area contributed by atoms with Crippen molar-refractivity contribution in [3.63, 3.8) is 0 Å². The Morgan fingerprint density at radius 3 is 2.17 bits per heavy atom. The van der Waals surface area contributed by atoms with E-state index in [9.17, 15) is 14.4 Å². The lowest BCUT2D eigenvalue weighted by atomic mass is 10.1. The molecule has 145 valence electrons. The van der Waals surface area contributed by atoms with Crippen LogP contribution in [-0.2, 0) is 11.4 Å². The topological polar surface area (TPSA) is 84.5 Å². The van der Waals surface area contributed by atoms with Crippen LogP contribution in [0, 0.1) is 0 Å². The summed E-state index contributed by atoms with van der Waals surface area (Å²) in [4.78, 5) is 35.9. The SMILES string of the molecule is O=[C]C(NC(=O)NC(=O)c1ccccc1OCc1ccccc1)c1ccccc1. The number of ether oxygens (including phenoxy) is 1. The van der Waals surface area contributed by atoms with Crippen molar-refractivity contribution in [2.45, 2.75) is 12.6 Å². The van der Waals surface area contributed by atoms with Gasteiger partial charge in [-0.1, -0.05) is 72.8 Å². The van der Waals surface area contributed by atoms with Crippen LogP contribution < -0.4 is 15.4 Å². The van der Waals surface area contributed by atoms with Crippen molar-refractivity contribution in [1.29, 1.82) is 0 Å². The van der Waals surface area contributed by atoms with Gasteiger partial charge in [-0.15, -0.1) is 0 Å². The molecule has 6 nitrogen and oxygen atoms in total. The lowest BCUT2D eigenvalue weighted by molar-refractivity contribution is 0.0959. The van der Waals surface area contributed by atoms with Gasteiger partial charge in [0.1, 0.15) is 18.4 Å². The standard InChI is InChI=1S/C23H19N2O4/c26-15-20(18-11-5-2-6-12-18)24-23(28)25-22(27)19-13-7-8-14-21(19)29-16-17-9-3-1-4-10-17/h1-14,20H,16H2,(H2,24,25,27,28). The van der Waals surface area contributed by atoms with Gasteiger partial charge in [-0.05, 0) is 23.3 Å². The van der Waals surface area contributed by atoms with Crippen LogP contribution >= 0.6 is 0 Å². The molecule has 0 aliphatic heterocycles. The first kappa shape index (κ1) is 19.8. The second-order valence-electron chi connectivity index (χ2n) is 6.16. The third-order valence-corrected chi connectivity index (χ3v) is 4.12. The molecule has 1 unspecified atom stereocenters. The highest BCUT2D eigenvalue weighted by Gasteiger charge is 2.19. The van der Waals surface area contributed by atoms with Gasteiger partial charge in [-0.3, -0.25) is 14.9 Å². The zero-order valence-electron chi connectivity index (χ0n) is 15.5. The molecular weight excluding hydrogens is 368 g/mol. The molecular formula is C23H19N2O4. The van der Waals surface area contributed by atoms with Crippen molar-refractivity contribution in [3.8, 4) is 5.75 Å². The number of carbonyl (C=O) groups is 2. The Morgan fingerprint density at radius 2 is 1.48 bits per heavy atom. The highest BCUT2D eigenvalue weighted by atomic mass is 16.5. The molecule has 1 atom stereocenters. The van der Waals surface area contributed by atoms with Crippen molar-refractivity contribution in [1.82, 2.24) is 10.6 Å². The summed E-state index contributed by atoms with van der Waals surface area (Å²) in [6, 6.07) is 23.0. The summed E-state index contributed by atoms with van der Waals surface area (Å²) in [5.74, 6) is -0.285. The van der Waals surface area contributed by atoms with Crippen molar-refractivity contribution < 1.29 is 19.1 Å². The van der Waals surface area contributed by atoms with E-state index < -0.39 is 18.0 Å². The van der Waals surface area contributed by atoms with Gasteiger partial charge in [0, 0.05) is 0 Å². The fraction of sp³-hybridized carbons (Fsp3) is 0.0870. The van der Waals surface area contributed by atoms with Gasteiger partial charge in [-0.2, -0.15) is 0 Å². The van der Waals surface area contributed by atoms with Crippen molar-refractivity contribution in [2.24, 2.45) is 0 Å². The maximum atomic E-state index is 12.5. The first-order chi connectivity index (χ1) is 14.2. The summed E-state index contributed by atoms with van der Waals surface area (Å²) in [6.45, 7) is 0.285. The first-order valence-corrected chi connectivity index (χ1v) is 8.97. The Balaban J connectivity index is 1.64. The third-order valence-electron chi connectivity index (χ3n) is 4.12. The van der Waals surface area contributed by atoms with Crippen LogP contribution in [0.2, 0.25) is 0 Å². The Hall–Kier alpha value is -3.93. The van der Waals surface area contributed by atoms with Crippen LogP contribution in [0.3, 0.4) is 0 Å². The Kier molecular flexibility index (Phi) is 6.73. The van der Waals surface area contributed by atoms with Gasteiger partial charge in [0.25, 0.3) is 5.91 Å². The van der Waals surface area contributed by atoms with E-state index in [4.69, 9.17) is 4.74 Å². The second kappa shape index (κ2) is 9.85. The van der Waals surface area contributed by atoms with Gasteiger partial charge in [-0.25, -0.2) is 4.79 Å². The van der Waals surface area contributed by atoms with Gasteiger partial charge < -0.3 is 10.1 Å². The van der Waals surface area contributed by atoms with E-state index >= 15 is 0 Å². The average molecular weight is 387 g/mol. The Labute approximate surface area is 168 Å². The molecule has 3 aromatic carbocycles. The predicted molar refractivity (Wildman–Crippen MR) is 108 cm³/mol. The van der Waals surface area contributed by atoms with Crippen LogP contribution in [0.25, 0.3) is 0 Å². The number of benzene rings is 3. The minimum absolute atomic E-state index is 0.213. The van der Waals surface area contributed by atoms with Crippen LogP contribution in [-0.4, -0.2) is 18.2 Å². The minimum atomic E-state index is -0.978. The molecule has 1 radical (unpaired) electrons. The maximum absolute atomic E-state index is 12.5. The van der Waals surface area contributed by atoms with E-state index in [0.29, 0.717) is 11.3 Å². The maximum Gasteiger partial charge on any atom is 0.322 e. The molecule has 3 amide bonds. The third kappa shape index (κ3) is 5.52. The molecule has 2 N–H and O–H groups in total. The number of urea groups is 1. The summed E-state index contributed by atoms with van der Waals surface area (Å²) >= 11 is 0. The van der Waals surface area contributed by atoms with E-state index in [2.05, 4.69) is 10.6 Å². The van der Waals surface area contributed by atoms with Crippen molar-refractivity contribution in [2.75, 3.05) is 0 Å². The van der Waals surface area contributed by atoms with E-state index in [-0.39, 0.29) is 12.2 Å². The van der Waals surface area contributed by atoms with Crippen LogP contribution in [0.15, 0.2) is 84.9 Å². The summed E-state index contributed by atoms with van der Waals surface area (Å²) in [5, 5.41) is 4.65. The van der Waals surface area contributed by atoms with E-state index in [1.807, 2.05) is 30.3 Å². The molecule has 0 bridgehead atoms. The number of imide groups is 1. The summed E-state index contributed by atoms with van der Waals surface area (Å²) in [6.07, 6.45) is 1.75. The number of carbonyl (C=O) groups excluding carboxylic acids is 3. The number of hydrogen-bond acceptors (Lipinski definition) is 4. The van der Waals surface area contributed by atoms with Gasteiger partial charge in [0.15, 0.2) is 0 Å². The summed E-state index contributed by atoms with van der Waals surface area (Å²) in [7, 11) is 0. The van der Waals surface area contributed by atoms with Gasteiger partial charge >= 0.3 is 6.03 Å². The number of hydrogen-bond donors (Lipinski definition) is 2. The second-order valence-corrected chi connectivity index (χ2v) is 6.16. The first-order valence-electron chi connectivity index (χ1n) is 8.97. The van der Waals surface area contributed by atoms with Crippen LogP contribution in [0.5, 0.6) is 5.75 Å². The summed E-state index contributed by atoms with van der Waals surface area (Å²) in [5.41, 5.74) is 1.73. The number of rotatable bonds is 7. The quantitative estimate of drug-likeness (QED) is 0.649. The normalized spacial score (nSPS) is 11.2. The van der Waals surface area contributed by atoms with E-state index in [0.717, 1.165) is 5.56 Å². The van der Waals surface area contributed by atoms with Crippen LogP contribution in [0.4, 0.5) is 4.79 Å². The van der Waals surface area contributed by atoms with Gasteiger partial charge in [0.05, 0.1) is 5.56 Å². The number of nitrogens with one attached hydrogen (secondary N) is 2. The highest BCUT2D eigenvalue weighted by molar-refractivity contribution is 6.06. The van der Waals surface area contributed by atoms with Gasteiger partial charge in [0.2, 0.25) is 6.29 Å². The zero-order chi connectivity index (χ0) is 20.5. The highest BCUT2D eigenvalue weighted by Crippen LogP contribution is 2.19. The molecule has 0 aromatic heterocycles. The molecule has 0 heterocycles. The minimum Gasteiger partial charge on any atom is -0.488 e. The molecule has 29 heavy (non-hydrogen) atoms. The number of amides is 3. The van der Waals surface area contributed by atoms with Crippen molar-refractivity contribution >= 4 is 18.2 Å². The van der Waals surface area contributed by atoms with E-state index in [1.54, 1.807) is 60.9 Å². The molecule has 0 aliphatic rings. The zero-order valence-corrected chi connectivity index (χ0v) is 15.5. The molecule has 0 saturated heterocycles. The average Bonchev–Trinajstić information content (AvgIpc) is 2.77. The molecule has 6 heteroatoms. The molecule has 0 saturated carbocycles. The molecule has 3 aromatic rings. The monoisotopic (exact) mass is 387 g/mol. The van der Waals surface area contributed by atoms with Crippen LogP contribution in [0.1, 0.15) is 27.5 Å². The predicted octanol–water partition coefficient (Wildman–Crippen LogP) is 3.56. The molecule has 3 rings (SSSR count). The Morgan fingerprint density at radius 1 is 0.862 bits per heavy atom. The fourth-order valence-corrected chi connectivity index (χ4v) is 2.68. The molecule has 0 fully saturated rings. The Bertz CT molecular complexity index is 974. The molecule has 0 spiro atoms. The summed E-state index contributed by atoms with van der Waals surface area (Å²) < 4.78 is 5.74. The number of para-hydroxylation sites is 1. The lowest BCUT2D eigenvalue weighted by Gasteiger charge is -2.14. The largest absolute Gasteiger partial charge is 0.488 e. The lowest BCUT2D eigenvalue weighted by Crippen LogP contribution is -2.41. The molecule has 0 aliphatic carbocycles. The fourth-order valence-electron chi connectivity index (χ4n) is 2.68. The van der Waals surface area contributed by atoms with E-state index in [1.165, 1.54) is 0 Å². The van der Waals surface area contributed by atoms with Crippen molar-refractivity contribution in [3.05, 3.63) is 102 Å². The smallest absolute Gasteiger partial charge is 0.322 e.